The van der Waals surface area contributed by atoms with Gasteiger partial charge in [-0.1, -0.05) is 51.5 Å². The van der Waals surface area contributed by atoms with Crippen LogP contribution in [-0.4, -0.2) is 30.9 Å². The van der Waals surface area contributed by atoms with Crippen LogP contribution in [0, 0.1) is 12.8 Å². The van der Waals surface area contributed by atoms with E-state index >= 15 is 0 Å². The Balaban J connectivity index is 0.000000532. The zero-order valence-corrected chi connectivity index (χ0v) is 25.1. The lowest BCUT2D eigenvalue weighted by Crippen LogP contribution is -2.50. The highest BCUT2D eigenvalue weighted by atomic mass is 32.1. The molecule has 39 heavy (non-hydrogen) atoms. The van der Waals surface area contributed by atoms with Gasteiger partial charge < -0.3 is 20.2 Å². The average Bonchev–Trinajstić information content (AvgIpc) is 3.34. The highest BCUT2D eigenvalue weighted by Gasteiger charge is 2.20. The van der Waals surface area contributed by atoms with Crippen molar-refractivity contribution in [3.63, 3.8) is 0 Å². The van der Waals surface area contributed by atoms with Gasteiger partial charge in [0.15, 0.2) is 0 Å². The van der Waals surface area contributed by atoms with Gasteiger partial charge in [-0.05, 0) is 86.6 Å². The van der Waals surface area contributed by atoms with Gasteiger partial charge in [0.05, 0.1) is 6.04 Å². The van der Waals surface area contributed by atoms with Crippen molar-refractivity contribution in [1.82, 2.24) is 10.6 Å². The maximum absolute atomic E-state index is 13.1. The van der Waals surface area contributed by atoms with Gasteiger partial charge in [-0.3, -0.25) is 4.79 Å². The summed E-state index contributed by atoms with van der Waals surface area (Å²) < 4.78 is 5.93. The Bertz CT molecular complexity index is 1230. The van der Waals surface area contributed by atoms with E-state index in [9.17, 15) is 9.59 Å². The van der Waals surface area contributed by atoms with Crippen LogP contribution in [0.25, 0.3) is 10.4 Å². The molecular formula is C33H44N2O3S. The van der Waals surface area contributed by atoms with Crippen molar-refractivity contribution in [3.05, 3.63) is 76.2 Å². The number of amides is 1. The number of hydrogen-bond acceptors (Lipinski definition) is 5. The van der Waals surface area contributed by atoms with Gasteiger partial charge in [-0.25, -0.2) is 0 Å². The zero-order valence-electron chi connectivity index (χ0n) is 24.3. The predicted molar refractivity (Wildman–Crippen MR) is 163 cm³/mol. The highest BCUT2D eigenvalue weighted by Crippen LogP contribution is 2.31. The van der Waals surface area contributed by atoms with Crippen LogP contribution in [0.1, 0.15) is 86.3 Å². The summed E-state index contributed by atoms with van der Waals surface area (Å²) in [6, 6.07) is 18.6. The van der Waals surface area contributed by atoms with Crippen LogP contribution >= 0.6 is 11.3 Å². The minimum Gasteiger partial charge on any atom is -0.488 e. The number of rotatable bonds is 11. The van der Waals surface area contributed by atoms with Crippen molar-refractivity contribution in [2.24, 2.45) is 5.92 Å². The number of benzene rings is 2. The fraction of sp³-hybridized carbons (Fsp3) is 0.455. The Kier molecular flexibility index (Phi) is 11.8. The summed E-state index contributed by atoms with van der Waals surface area (Å²) in [5.41, 5.74) is 3.90. The fourth-order valence-corrected chi connectivity index (χ4v) is 5.46. The van der Waals surface area contributed by atoms with E-state index < -0.39 is 0 Å². The Labute approximate surface area is 238 Å². The van der Waals surface area contributed by atoms with Crippen LogP contribution in [-0.2, 0) is 11.2 Å². The lowest BCUT2D eigenvalue weighted by Gasteiger charge is -2.28. The molecule has 1 amide bonds. The van der Waals surface area contributed by atoms with Crippen molar-refractivity contribution in [2.45, 2.75) is 79.4 Å². The smallest absolute Gasteiger partial charge is 0.252 e. The third-order valence-electron chi connectivity index (χ3n) is 6.67. The quantitative estimate of drug-likeness (QED) is 0.260. The predicted octanol–water partition coefficient (Wildman–Crippen LogP) is 7.53. The first kappa shape index (κ1) is 30.6. The molecule has 1 fully saturated rings. The van der Waals surface area contributed by atoms with Gasteiger partial charge >= 0.3 is 0 Å². The Morgan fingerprint density at radius 3 is 2.46 bits per heavy atom. The van der Waals surface area contributed by atoms with Crippen LogP contribution in [0.3, 0.4) is 0 Å². The van der Waals surface area contributed by atoms with E-state index in [0.717, 1.165) is 55.6 Å². The second-order valence-electron chi connectivity index (χ2n) is 10.9. The highest BCUT2D eigenvalue weighted by molar-refractivity contribution is 7.15. The van der Waals surface area contributed by atoms with Crippen molar-refractivity contribution in [3.8, 4) is 16.2 Å². The standard InChI is InChI=1S/C27H32N2O2S.C6H12O/c1-17(2)12-24-10-11-26(32-24)21-7-5-6-20(13-21)19(4)29-27(30)25-14-22(9-8-18(25)3)31-23-15-28-16-23;1-3-4-5-6(2)7/h5-11,13-14,17,19,23,28H,12,15-16H2,1-4H3,(H,29,30);3-5H2,1-2H3. The summed E-state index contributed by atoms with van der Waals surface area (Å²) in [6.07, 6.45) is 4.23. The van der Waals surface area contributed by atoms with Crippen molar-refractivity contribution < 1.29 is 14.3 Å². The molecule has 0 aliphatic carbocycles. The molecule has 210 valence electrons. The summed E-state index contributed by atoms with van der Waals surface area (Å²) in [5, 5.41) is 6.37. The van der Waals surface area contributed by atoms with Gasteiger partial charge in [-0.15, -0.1) is 11.3 Å². The summed E-state index contributed by atoms with van der Waals surface area (Å²) in [4.78, 5) is 25.9. The largest absolute Gasteiger partial charge is 0.488 e. The molecule has 0 saturated carbocycles. The Morgan fingerprint density at radius 2 is 1.85 bits per heavy atom. The van der Waals surface area contributed by atoms with Crippen molar-refractivity contribution in [2.75, 3.05) is 13.1 Å². The molecule has 6 heteroatoms. The number of nitrogens with one attached hydrogen (secondary N) is 2. The monoisotopic (exact) mass is 548 g/mol. The summed E-state index contributed by atoms with van der Waals surface area (Å²) in [5.74, 6) is 1.63. The number of carbonyl (C=O) groups is 2. The van der Waals surface area contributed by atoms with Gasteiger partial charge in [-0.2, -0.15) is 0 Å². The van der Waals surface area contributed by atoms with E-state index in [2.05, 4.69) is 67.8 Å². The lowest BCUT2D eigenvalue weighted by atomic mass is 10.0. The summed E-state index contributed by atoms with van der Waals surface area (Å²) in [7, 11) is 0. The number of aryl methyl sites for hydroxylation is 1. The summed E-state index contributed by atoms with van der Waals surface area (Å²) >= 11 is 1.85. The molecule has 0 radical (unpaired) electrons. The molecular weight excluding hydrogens is 504 g/mol. The van der Waals surface area contributed by atoms with Crippen LogP contribution in [0.5, 0.6) is 5.75 Å². The van der Waals surface area contributed by atoms with Crippen LogP contribution in [0.2, 0.25) is 0 Å². The number of ketones is 1. The molecule has 0 bridgehead atoms. The zero-order chi connectivity index (χ0) is 28.4. The first-order valence-corrected chi connectivity index (χ1v) is 14.9. The van der Waals surface area contributed by atoms with Gasteiger partial charge in [0.2, 0.25) is 0 Å². The van der Waals surface area contributed by atoms with Crippen molar-refractivity contribution >= 4 is 23.0 Å². The number of thiophene rings is 1. The molecule has 1 aliphatic heterocycles. The molecule has 1 saturated heterocycles. The molecule has 1 aliphatic rings. The normalized spacial score (nSPS) is 13.7. The molecule has 3 aromatic rings. The van der Waals surface area contributed by atoms with E-state index in [0.29, 0.717) is 17.3 Å². The van der Waals surface area contributed by atoms with Gasteiger partial charge in [0.1, 0.15) is 17.6 Å². The third-order valence-corrected chi connectivity index (χ3v) is 7.83. The maximum atomic E-state index is 13.1. The molecule has 2 N–H and O–H groups in total. The third kappa shape index (κ3) is 9.63. The Morgan fingerprint density at radius 1 is 1.08 bits per heavy atom. The van der Waals surface area contributed by atoms with E-state index in [1.54, 1.807) is 6.92 Å². The van der Waals surface area contributed by atoms with Crippen molar-refractivity contribution in [1.29, 1.82) is 0 Å². The fourth-order valence-electron chi connectivity index (χ4n) is 4.25. The molecule has 4 rings (SSSR count). The van der Waals surface area contributed by atoms with Gasteiger partial charge in [0.25, 0.3) is 5.91 Å². The molecule has 1 atom stereocenters. The van der Waals surface area contributed by atoms with E-state index in [1.165, 1.54) is 15.3 Å². The number of carbonyl (C=O) groups excluding carboxylic acids is 2. The van der Waals surface area contributed by atoms with Crippen LogP contribution in [0.4, 0.5) is 0 Å². The number of ether oxygens (including phenoxy) is 1. The van der Waals surface area contributed by atoms with E-state index in [4.69, 9.17) is 4.74 Å². The number of unbranched alkanes of at least 4 members (excludes halogenated alkanes) is 1. The lowest BCUT2D eigenvalue weighted by molar-refractivity contribution is -0.117. The SMILES string of the molecule is CCCCC(C)=O.Cc1ccc(OC2CNC2)cc1C(=O)NC(C)c1cccc(-c2ccc(CC(C)C)s2)c1. The van der Waals surface area contributed by atoms with E-state index in [1.807, 2.05) is 43.4 Å². The Hall–Kier alpha value is -2.96. The molecule has 2 heterocycles. The topological polar surface area (TPSA) is 67.4 Å². The molecule has 5 nitrogen and oxygen atoms in total. The second-order valence-corrected chi connectivity index (χ2v) is 12.0. The first-order valence-electron chi connectivity index (χ1n) is 14.1. The molecule has 2 aromatic carbocycles. The second kappa shape index (κ2) is 15.0. The average molecular weight is 549 g/mol. The van der Waals surface area contributed by atoms with Gasteiger partial charge in [0, 0.05) is 34.8 Å². The van der Waals surface area contributed by atoms with Crippen LogP contribution in [0.15, 0.2) is 54.6 Å². The summed E-state index contributed by atoms with van der Waals surface area (Å²) in [6.45, 7) is 13.9. The number of Topliss-reactive ketones (excluding diaryl/α,β-unsaturated/α-hetero) is 1. The molecule has 0 spiro atoms. The molecule has 1 aromatic heterocycles. The number of hydrogen-bond donors (Lipinski definition) is 2. The van der Waals surface area contributed by atoms with E-state index in [-0.39, 0.29) is 18.1 Å². The van der Waals surface area contributed by atoms with Crippen LogP contribution < -0.4 is 15.4 Å². The minimum absolute atomic E-state index is 0.0760. The maximum Gasteiger partial charge on any atom is 0.252 e. The molecule has 1 unspecified atom stereocenters. The first-order chi connectivity index (χ1) is 18.7. The minimum atomic E-state index is -0.0997.